The van der Waals surface area contributed by atoms with Crippen molar-refractivity contribution < 1.29 is 23.1 Å². The Hall–Kier alpha value is -2.00. The van der Waals surface area contributed by atoms with E-state index in [4.69, 9.17) is 5.11 Å². The van der Waals surface area contributed by atoms with Crippen LogP contribution in [-0.4, -0.2) is 43.0 Å². The van der Waals surface area contributed by atoms with Crippen molar-refractivity contribution in [3.63, 3.8) is 0 Å². The third kappa shape index (κ3) is 3.31. The van der Waals surface area contributed by atoms with Gasteiger partial charge in [-0.15, -0.1) is 0 Å². The molecule has 0 radical (unpaired) electrons. The molecule has 0 aliphatic carbocycles. The molecular weight excluding hydrogens is 286 g/mol. The topological polar surface area (TPSA) is 125 Å². The van der Waals surface area contributed by atoms with Gasteiger partial charge in [-0.05, 0) is 18.6 Å². The number of sulfonamides is 1. The zero-order chi connectivity index (χ0) is 14.8. The standard InChI is InChI=1S/C11H13N3O5S/c15-9-3-2-8(6-12-9)14-20(18,19)10-4-1-7(5-13-10)11(16)17/h1,4-5,8,14H,2-3,6H2,(H,12,15)(H,16,17). The average molecular weight is 299 g/mol. The Morgan fingerprint density at radius 2 is 2.20 bits per heavy atom. The van der Waals surface area contributed by atoms with Crippen LogP contribution in [0.3, 0.4) is 0 Å². The van der Waals surface area contributed by atoms with Crippen LogP contribution in [-0.2, 0) is 14.8 Å². The molecule has 0 saturated carbocycles. The van der Waals surface area contributed by atoms with Gasteiger partial charge < -0.3 is 10.4 Å². The van der Waals surface area contributed by atoms with Gasteiger partial charge in [0.1, 0.15) is 0 Å². The minimum atomic E-state index is -3.83. The molecule has 1 aliphatic heterocycles. The van der Waals surface area contributed by atoms with E-state index in [1.165, 1.54) is 6.07 Å². The van der Waals surface area contributed by atoms with Crippen molar-refractivity contribution >= 4 is 21.9 Å². The van der Waals surface area contributed by atoms with Gasteiger partial charge in [-0.25, -0.2) is 22.9 Å². The molecule has 0 bridgehead atoms. The highest BCUT2D eigenvalue weighted by molar-refractivity contribution is 7.89. The second kappa shape index (κ2) is 5.55. The summed E-state index contributed by atoms with van der Waals surface area (Å²) >= 11 is 0. The molecule has 8 nitrogen and oxygen atoms in total. The van der Waals surface area contributed by atoms with Gasteiger partial charge in [0.05, 0.1) is 5.56 Å². The van der Waals surface area contributed by atoms with Gasteiger partial charge in [0.15, 0.2) is 5.03 Å². The lowest BCUT2D eigenvalue weighted by molar-refractivity contribution is -0.122. The molecule has 1 atom stereocenters. The van der Waals surface area contributed by atoms with Gasteiger partial charge in [-0.1, -0.05) is 0 Å². The lowest BCUT2D eigenvalue weighted by atomic mass is 10.1. The fraction of sp³-hybridized carbons (Fsp3) is 0.364. The molecule has 1 aliphatic rings. The van der Waals surface area contributed by atoms with Crippen LogP contribution in [0.5, 0.6) is 0 Å². The molecule has 1 aromatic heterocycles. The number of carboxylic acid groups (broad SMARTS) is 1. The van der Waals surface area contributed by atoms with Gasteiger partial charge in [0.2, 0.25) is 5.91 Å². The van der Waals surface area contributed by atoms with Gasteiger partial charge >= 0.3 is 5.97 Å². The van der Waals surface area contributed by atoms with Crippen LogP contribution in [0, 0.1) is 0 Å². The second-order valence-corrected chi connectivity index (χ2v) is 6.01. The van der Waals surface area contributed by atoms with E-state index in [9.17, 15) is 18.0 Å². The summed E-state index contributed by atoms with van der Waals surface area (Å²) < 4.78 is 26.5. The van der Waals surface area contributed by atoms with Gasteiger partial charge in [-0.2, -0.15) is 0 Å². The molecule has 0 spiro atoms. The summed E-state index contributed by atoms with van der Waals surface area (Å²) in [4.78, 5) is 25.3. The summed E-state index contributed by atoms with van der Waals surface area (Å²) in [5.74, 6) is -1.28. The Bertz CT molecular complexity index is 616. The number of rotatable bonds is 4. The van der Waals surface area contributed by atoms with Crippen molar-refractivity contribution in [3.8, 4) is 0 Å². The number of carbonyl (C=O) groups is 2. The molecule has 20 heavy (non-hydrogen) atoms. The molecule has 108 valence electrons. The number of nitrogens with zero attached hydrogens (tertiary/aromatic N) is 1. The predicted octanol–water partition coefficient (Wildman–Crippen LogP) is -0.663. The summed E-state index contributed by atoms with van der Waals surface area (Å²) in [6, 6.07) is 1.92. The zero-order valence-corrected chi connectivity index (χ0v) is 11.2. The largest absolute Gasteiger partial charge is 0.478 e. The third-order valence-electron chi connectivity index (χ3n) is 2.85. The van der Waals surface area contributed by atoms with Gasteiger partial charge in [0, 0.05) is 25.2 Å². The lowest BCUT2D eigenvalue weighted by Crippen LogP contribution is -2.47. The van der Waals surface area contributed by atoms with Crippen molar-refractivity contribution in [1.29, 1.82) is 0 Å². The van der Waals surface area contributed by atoms with Crippen LogP contribution in [0.4, 0.5) is 0 Å². The highest BCUT2D eigenvalue weighted by Gasteiger charge is 2.25. The van der Waals surface area contributed by atoms with Crippen LogP contribution < -0.4 is 10.0 Å². The maximum absolute atomic E-state index is 12.0. The monoisotopic (exact) mass is 299 g/mol. The van der Waals surface area contributed by atoms with Crippen LogP contribution in [0.1, 0.15) is 23.2 Å². The molecule has 1 aromatic rings. The first-order valence-electron chi connectivity index (χ1n) is 5.87. The van der Waals surface area contributed by atoms with Crippen LogP contribution in [0.15, 0.2) is 23.4 Å². The van der Waals surface area contributed by atoms with Crippen LogP contribution in [0.2, 0.25) is 0 Å². The van der Waals surface area contributed by atoms with Crippen molar-refractivity contribution in [2.75, 3.05) is 6.54 Å². The van der Waals surface area contributed by atoms with Gasteiger partial charge in [-0.3, -0.25) is 4.79 Å². The number of aromatic carboxylic acids is 1. The number of carboxylic acids is 1. The van der Waals surface area contributed by atoms with E-state index in [0.29, 0.717) is 6.42 Å². The molecule has 1 amide bonds. The SMILES string of the molecule is O=C1CCC(NS(=O)(=O)c2ccc(C(=O)O)cn2)CN1. The van der Waals surface area contributed by atoms with Gasteiger partial charge in [0.25, 0.3) is 10.0 Å². The highest BCUT2D eigenvalue weighted by Crippen LogP contribution is 2.10. The highest BCUT2D eigenvalue weighted by atomic mass is 32.2. The zero-order valence-electron chi connectivity index (χ0n) is 10.4. The normalized spacial score (nSPS) is 19.4. The Morgan fingerprint density at radius 1 is 1.45 bits per heavy atom. The molecule has 1 fully saturated rings. The Balaban J connectivity index is 2.10. The quantitative estimate of drug-likeness (QED) is 0.677. The Labute approximate surface area is 115 Å². The van der Waals surface area contributed by atoms with E-state index in [0.717, 1.165) is 12.3 Å². The van der Waals surface area contributed by atoms with E-state index in [2.05, 4.69) is 15.0 Å². The van der Waals surface area contributed by atoms with Crippen molar-refractivity contribution in [2.24, 2.45) is 0 Å². The molecule has 2 heterocycles. The Kier molecular flexibility index (Phi) is 4.00. The summed E-state index contributed by atoms with van der Waals surface area (Å²) in [6.45, 7) is 0.227. The number of piperidine rings is 1. The number of hydrogen-bond donors (Lipinski definition) is 3. The number of nitrogens with one attached hydrogen (secondary N) is 2. The van der Waals surface area contributed by atoms with Crippen LogP contribution in [0.25, 0.3) is 0 Å². The van der Waals surface area contributed by atoms with Crippen molar-refractivity contribution in [3.05, 3.63) is 23.9 Å². The minimum absolute atomic E-state index is 0.0890. The van der Waals surface area contributed by atoms with Crippen LogP contribution >= 0.6 is 0 Å². The van der Waals surface area contributed by atoms with E-state index in [1.54, 1.807) is 0 Å². The molecular formula is C11H13N3O5S. The third-order valence-corrected chi connectivity index (χ3v) is 4.28. The summed E-state index contributed by atoms with van der Waals surface area (Å²) in [5, 5.41) is 11.0. The molecule has 9 heteroatoms. The van der Waals surface area contributed by atoms with Crippen molar-refractivity contribution in [2.45, 2.75) is 23.9 Å². The lowest BCUT2D eigenvalue weighted by Gasteiger charge is -2.22. The molecule has 3 N–H and O–H groups in total. The average Bonchev–Trinajstić information content (AvgIpc) is 2.41. The number of aromatic nitrogens is 1. The van der Waals surface area contributed by atoms with E-state index < -0.39 is 22.0 Å². The molecule has 2 rings (SSSR count). The number of carbonyl (C=O) groups excluding carboxylic acids is 1. The fourth-order valence-electron chi connectivity index (χ4n) is 1.78. The number of amides is 1. The van der Waals surface area contributed by atoms with E-state index in [-0.39, 0.29) is 29.5 Å². The second-order valence-electron chi connectivity index (χ2n) is 4.35. The number of pyridine rings is 1. The van der Waals surface area contributed by atoms with Crippen molar-refractivity contribution in [1.82, 2.24) is 15.0 Å². The fourth-order valence-corrected chi connectivity index (χ4v) is 2.98. The summed E-state index contributed by atoms with van der Waals surface area (Å²) in [7, 11) is -3.83. The first-order chi connectivity index (χ1) is 9.38. The smallest absolute Gasteiger partial charge is 0.337 e. The first kappa shape index (κ1) is 14.4. The first-order valence-corrected chi connectivity index (χ1v) is 7.35. The predicted molar refractivity (Wildman–Crippen MR) is 67.5 cm³/mol. The van der Waals surface area contributed by atoms with E-state index in [1.807, 2.05) is 0 Å². The molecule has 1 unspecified atom stereocenters. The maximum atomic E-state index is 12.0. The molecule has 0 aromatic carbocycles. The maximum Gasteiger partial charge on any atom is 0.337 e. The van der Waals surface area contributed by atoms with E-state index >= 15 is 0 Å². The molecule has 1 saturated heterocycles. The minimum Gasteiger partial charge on any atom is -0.478 e. The Morgan fingerprint density at radius 3 is 2.70 bits per heavy atom. The summed E-state index contributed by atoms with van der Waals surface area (Å²) in [5.41, 5.74) is -0.0890. The summed E-state index contributed by atoms with van der Waals surface area (Å²) in [6.07, 6.45) is 1.66. The number of hydrogen-bond acceptors (Lipinski definition) is 5.